The van der Waals surface area contributed by atoms with E-state index in [4.69, 9.17) is 0 Å². The van der Waals surface area contributed by atoms with Crippen molar-refractivity contribution in [2.24, 2.45) is 5.41 Å². The van der Waals surface area contributed by atoms with Crippen molar-refractivity contribution in [2.75, 3.05) is 26.2 Å². The minimum absolute atomic E-state index is 0.439. The summed E-state index contributed by atoms with van der Waals surface area (Å²) in [7, 11) is 0. The molecule has 0 radical (unpaired) electrons. The molecular formula is C18H30N2. The highest BCUT2D eigenvalue weighted by atomic mass is 15.1. The van der Waals surface area contributed by atoms with E-state index in [2.05, 4.69) is 55.3 Å². The molecule has 0 aromatic heterocycles. The van der Waals surface area contributed by atoms with E-state index < -0.39 is 0 Å². The largest absolute Gasteiger partial charge is 0.315 e. The number of rotatable bonds is 5. The van der Waals surface area contributed by atoms with Crippen LogP contribution in [0.15, 0.2) is 24.3 Å². The fraction of sp³-hybridized carbons (Fsp3) is 0.667. The number of hydrogen-bond donors (Lipinski definition) is 1. The molecule has 0 spiro atoms. The van der Waals surface area contributed by atoms with Crippen LogP contribution in [0.4, 0.5) is 0 Å². The summed E-state index contributed by atoms with van der Waals surface area (Å²) in [6, 6.07) is 8.92. The minimum atomic E-state index is 0.439. The molecule has 2 rings (SSSR count). The Kier molecular flexibility index (Phi) is 5.62. The normalized spacial score (nSPS) is 16.8. The molecule has 1 aliphatic rings. The van der Waals surface area contributed by atoms with E-state index in [0.29, 0.717) is 5.41 Å². The first kappa shape index (κ1) is 15.5. The molecule has 1 aliphatic heterocycles. The highest BCUT2D eigenvalue weighted by Gasteiger charge is 2.13. The number of hydrogen-bond acceptors (Lipinski definition) is 2. The summed E-state index contributed by atoms with van der Waals surface area (Å²) in [5.74, 6) is 0. The van der Waals surface area contributed by atoms with Gasteiger partial charge in [0.05, 0.1) is 0 Å². The number of benzene rings is 1. The van der Waals surface area contributed by atoms with E-state index in [0.717, 1.165) is 19.6 Å². The highest BCUT2D eigenvalue weighted by molar-refractivity contribution is 5.27. The molecule has 2 nitrogen and oxygen atoms in total. The molecule has 2 heteroatoms. The monoisotopic (exact) mass is 274 g/mol. The van der Waals surface area contributed by atoms with Gasteiger partial charge in [-0.15, -0.1) is 0 Å². The van der Waals surface area contributed by atoms with Crippen molar-refractivity contribution in [3.8, 4) is 0 Å². The number of fused-ring (bicyclic) bond motifs is 1. The maximum absolute atomic E-state index is 3.59. The van der Waals surface area contributed by atoms with Crippen LogP contribution in [-0.4, -0.2) is 31.1 Å². The summed E-state index contributed by atoms with van der Waals surface area (Å²) in [4.78, 5) is 2.59. The topological polar surface area (TPSA) is 15.3 Å². The second-order valence-electron chi connectivity index (χ2n) is 7.21. The molecule has 20 heavy (non-hydrogen) atoms. The quantitative estimate of drug-likeness (QED) is 0.827. The zero-order valence-corrected chi connectivity index (χ0v) is 13.4. The van der Waals surface area contributed by atoms with Crippen molar-refractivity contribution >= 4 is 0 Å². The Hall–Kier alpha value is -0.860. The zero-order valence-electron chi connectivity index (χ0n) is 13.4. The molecule has 1 aromatic carbocycles. The summed E-state index contributed by atoms with van der Waals surface area (Å²) in [6.07, 6.45) is 3.78. The van der Waals surface area contributed by atoms with Crippen molar-refractivity contribution in [1.82, 2.24) is 10.2 Å². The fourth-order valence-corrected chi connectivity index (χ4v) is 2.79. The first-order chi connectivity index (χ1) is 9.54. The Morgan fingerprint density at radius 1 is 1.10 bits per heavy atom. The van der Waals surface area contributed by atoms with Gasteiger partial charge in [-0.05, 0) is 48.9 Å². The SMILES string of the molecule is CC(C)(C)CCNCCN1CCCc2ccccc2C1. The Morgan fingerprint density at radius 2 is 1.85 bits per heavy atom. The Labute approximate surface area is 124 Å². The molecule has 1 heterocycles. The average Bonchev–Trinajstić information content (AvgIpc) is 2.58. The van der Waals surface area contributed by atoms with Gasteiger partial charge in [-0.3, -0.25) is 4.90 Å². The van der Waals surface area contributed by atoms with E-state index in [-0.39, 0.29) is 0 Å². The van der Waals surface area contributed by atoms with E-state index >= 15 is 0 Å². The van der Waals surface area contributed by atoms with Crippen LogP contribution < -0.4 is 5.32 Å². The minimum Gasteiger partial charge on any atom is -0.315 e. The van der Waals surface area contributed by atoms with Crippen LogP contribution in [0.2, 0.25) is 0 Å². The lowest BCUT2D eigenvalue weighted by Crippen LogP contribution is -2.33. The summed E-state index contributed by atoms with van der Waals surface area (Å²) in [6.45, 7) is 12.7. The molecule has 0 unspecified atom stereocenters. The van der Waals surface area contributed by atoms with Crippen LogP contribution in [0.1, 0.15) is 44.7 Å². The molecule has 0 saturated heterocycles. The van der Waals surface area contributed by atoms with Gasteiger partial charge in [0.15, 0.2) is 0 Å². The molecule has 0 saturated carbocycles. The highest BCUT2D eigenvalue weighted by Crippen LogP contribution is 2.18. The molecule has 112 valence electrons. The number of nitrogens with zero attached hydrogens (tertiary/aromatic N) is 1. The van der Waals surface area contributed by atoms with Crippen LogP contribution in [0.5, 0.6) is 0 Å². The fourth-order valence-electron chi connectivity index (χ4n) is 2.79. The first-order valence-electron chi connectivity index (χ1n) is 8.04. The van der Waals surface area contributed by atoms with Gasteiger partial charge >= 0.3 is 0 Å². The van der Waals surface area contributed by atoms with Gasteiger partial charge < -0.3 is 5.32 Å². The molecule has 0 atom stereocenters. The average molecular weight is 274 g/mol. The first-order valence-corrected chi connectivity index (χ1v) is 8.04. The molecule has 0 bridgehead atoms. The predicted molar refractivity (Wildman–Crippen MR) is 87.0 cm³/mol. The Balaban J connectivity index is 1.72. The summed E-state index contributed by atoms with van der Waals surface area (Å²) in [5.41, 5.74) is 3.52. The summed E-state index contributed by atoms with van der Waals surface area (Å²) >= 11 is 0. The lowest BCUT2D eigenvalue weighted by Gasteiger charge is -2.22. The summed E-state index contributed by atoms with van der Waals surface area (Å²) in [5, 5.41) is 3.59. The van der Waals surface area contributed by atoms with Crippen molar-refractivity contribution in [1.29, 1.82) is 0 Å². The second kappa shape index (κ2) is 7.24. The standard InChI is InChI=1S/C18H30N2/c1-18(2,3)10-11-19-12-14-20-13-6-9-16-7-4-5-8-17(16)15-20/h4-5,7-8,19H,6,9-15H2,1-3H3. The van der Waals surface area contributed by atoms with Crippen LogP contribution in [0.3, 0.4) is 0 Å². The van der Waals surface area contributed by atoms with Gasteiger partial charge in [-0.2, -0.15) is 0 Å². The van der Waals surface area contributed by atoms with Crippen molar-refractivity contribution < 1.29 is 0 Å². The maximum Gasteiger partial charge on any atom is 0.0237 e. The zero-order chi connectivity index (χ0) is 14.4. The van der Waals surface area contributed by atoms with E-state index in [9.17, 15) is 0 Å². The molecule has 0 aliphatic carbocycles. The van der Waals surface area contributed by atoms with E-state index in [1.54, 1.807) is 5.56 Å². The smallest absolute Gasteiger partial charge is 0.0237 e. The number of nitrogens with one attached hydrogen (secondary N) is 1. The Bertz CT molecular complexity index is 406. The van der Waals surface area contributed by atoms with Gasteiger partial charge in [-0.25, -0.2) is 0 Å². The second-order valence-corrected chi connectivity index (χ2v) is 7.21. The molecule has 0 amide bonds. The molecule has 0 fully saturated rings. The lowest BCUT2D eigenvalue weighted by molar-refractivity contribution is 0.266. The van der Waals surface area contributed by atoms with Crippen molar-refractivity contribution in [3.63, 3.8) is 0 Å². The maximum atomic E-state index is 3.59. The van der Waals surface area contributed by atoms with Gasteiger partial charge in [0.2, 0.25) is 0 Å². The summed E-state index contributed by atoms with van der Waals surface area (Å²) < 4.78 is 0. The van der Waals surface area contributed by atoms with E-state index in [1.807, 2.05) is 0 Å². The van der Waals surface area contributed by atoms with Crippen LogP contribution >= 0.6 is 0 Å². The van der Waals surface area contributed by atoms with Gasteiger partial charge in [0, 0.05) is 19.6 Å². The van der Waals surface area contributed by atoms with E-state index in [1.165, 1.54) is 37.9 Å². The molecular weight excluding hydrogens is 244 g/mol. The third-order valence-corrected chi connectivity index (χ3v) is 4.09. The van der Waals surface area contributed by atoms with Crippen LogP contribution in [-0.2, 0) is 13.0 Å². The molecule has 1 N–H and O–H groups in total. The predicted octanol–water partition coefficient (Wildman–Crippen LogP) is 3.46. The van der Waals surface area contributed by atoms with Crippen molar-refractivity contribution in [2.45, 2.75) is 46.6 Å². The van der Waals surface area contributed by atoms with Gasteiger partial charge in [-0.1, -0.05) is 45.0 Å². The Morgan fingerprint density at radius 3 is 2.60 bits per heavy atom. The molecule has 1 aromatic rings. The van der Waals surface area contributed by atoms with Crippen LogP contribution in [0.25, 0.3) is 0 Å². The van der Waals surface area contributed by atoms with Gasteiger partial charge in [0.25, 0.3) is 0 Å². The van der Waals surface area contributed by atoms with Crippen molar-refractivity contribution in [3.05, 3.63) is 35.4 Å². The van der Waals surface area contributed by atoms with Gasteiger partial charge in [0.1, 0.15) is 0 Å². The lowest BCUT2D eigenvalue weighted by atomic mass is 9.92. The number of aryl methyl sites for hydroxylation is 1. The third kappa shape index (κ3) is 5.26. The third-order valence-electron chi connectivity index (χ3n) is 4.09. The van der Waals surface area contributed by atoms with Crippen LogP contribution in [0, 0.1) is 5.41 Å².